The number of halogens is 2. The van der Waals surface area contributed by atoms with Gasteiger partial charge in [0.2, 0.25) is 11.9 Å². The van der Waals surface area contributed by atoms with E-state index in [-0.39, 0.29) is 30.7 Å². The number of carbonyl (C=O) groups is 1. The Bertz CT molecular complexity index is 513. The Morgan fingerprint density at radius 2 is 2.12 bits per heavy atom. The zero-order valence-electron chi connectivity index (χ0n) is 8.98. The highest BCUT2D eigenvalue weighted by molar-refractivity contribution is 5.89. The Hall–Kier alpha value is -1.50. The molecule has 0 fully saturated rings. The van der Waals surface area contributed by atoms with Gasteiger partial charge in [0.05, 0.1) is 16.7 Å². The lowest BCUT2D eigenvalue weighted by Gasteiger charge is -1.96. The summed E-state index contributed by atoms with van der Waals surface area (Å²) in [5.74, 6) is 5.55. The van der Waals surface area contributed by atoms with Crippen LogP contribution in [0.5, 0.6) is 0 Å². The lowest BCUT2D eigenvalue weighted by atomic mass is 10.3. The van der Waals surface area contributed by atoms with Crippen LogP contribution in [0.3, 0.4) is 0 Å². The van der Waals surface area contributed by atoms with Crippen molar-refractivity contribution in [2.45, 2.75) is 6.92 Å². The van der Waals surface area contributed by atoms with Gasteiger partial charge in [0, 0.05) is 6.92 Å². The van der Waals surface area contributed by atoms with Crippen LogP contribution >= 0.6 is 24.8 Å². The molecule has 0 atom stereocenters. The van der Waals surface area contributed by atoms with E-state index in [9.17, 15) is 4.79 Å². The molecular formula is C9H13Cl2N5O. The van der Waals surface area contributed by atoms with Crippen LogP contribution in [0.1, 0.15) is 6.92 Å². The number of amides is 1. The van der Waals surface area contributed by atoms with Gasteiger partial charge in [-0.15, -0.1) is 24.8 Å². The highest BCUT2D eigenvalue weighted by Gasteiger charge is 2.03. The molecule has 2 rings (SSSR count). The molecule has 0 spiro atoms. The molecular weight excluding hydrogens is 265 g/mol. The van der Waals surface area contributed by atoms with Crippen molar-refractivity contribution in [3.63, 3.8) is 0 Å². The predicted octanol–water partition coefficient (Wildman–Crippen LogP) is 1.65. The normalized spacial score (nSPS) is 9.06. The average molecular weight is 278 g/mol. The van der Waals surface area contributed by atoms with Crippen LogP contribution in [0.25, 0.3) is 11.0 Å². The zero-order chi connectivity index (χ0) is 10.8. The Labute approximate surface area is 110 Å². The molecule has 17 heavy (non-hydrogen) atoms. The first kappa shape index (κ1) is 15.5. The number of hydrogen-bond acceptors (Lipinski definition) is 4. The monoisotopic (exact) mass is 277 g/mol. The van der Waals surface area contributed by atoms with E-state index in [1.54, 1.807) is 6.07 Å². The summed E-state index contributed by atoms with van der Waals surface area (Å²) in [5, 5.41) is 2.57. The van der Waals surface area contributed by atoms with Crippen LogP contribution < -0.4 is 16.6 Å². The number of fused-ring (bicyclic) bond motifs is 1. The number of rotatable bonds is 2. The Morgan fingerprint density at radius 3 is 2.71 bits per heavy atom. The Kier molecular flexibility index (Phi) is 5.73. The molecule has 0 radical (unpaired) electrons. The first-order chi connectivity index (χ1) is 7.19. The molecule has 0 aliphatic heterocycles. The molecule has 0 aliphatic rings. The molecule has 0 saturated heterocycles. The molecule has 94 valence electrons. The summed E-state index contributed by atoms with van der Waals surface area (Å²) in [6.45, 7) is 1.43. The van der Waals surface area contributed by atoms with Crippen LogP contribution in [0.2, 0.25) is 0 Å². The molecule has 0 aliphatic carbocycles. The van der Waals surface area contributed by atoms with Gasteiger partial charge in [-0.05, 0) is 18.2 Å². The molecule has 5 N–H and O–H groups in total. The molecule has 0 saturated carbocycles. The number of aromatic nitrogens is 2. The maximum atomic E-state index is 10.8. The average Bonchev–Trinajstić information content (AvgIpc) is 2.57. The maximum absolute atomic E-state index is 10.8. The van der Waals surface area contributed by atoms with Gasteiger partial charge in [-0.2, -0.15) is 0 Å². The zero-order valence-corrected chi connectivity index (χ0v) is 10.6. The second kappa shape index (κ2) is 6.29. The van der Waals surface area contributed by atoms with Crippen LogP contribution in [0.4, 0.5) is 11.6 Å². The third-order valence-electron chi connectivity index (χ3n) is 1.94. The predicted molar refractivity (Wildman–Crippen MR) is 72.7 cm³/mol. The molecule has 8 heteroatoms. The van der Waals surface area contributed by atoms with Crippen LogP contribution in [0, 0.1) is 0 Å². The lowest BCUT2D eigenvalue weighted by molar-refractivity contribution is -0.114. The van der Waals surface area contributed by atoms with Crippen LogP contribution in [-0.4, -0.2) is 15.9 Å². The fourth-order valence-electron chi connectivity index (χ4n) is 1.32. The summed E-state index contributed by atoms with van der Waals surface area (Å²) >= 11 is 0. The highest BCUT2D eigenvalue weighted by atomic mass is 35.5. The Balaban J connectivity index is 0.00000128. The van der Waals surface area contributed by atoms with Crippen LogP contribution in [-0.2, 0) is 4.79 Å². The number of nitrogens with two attached hydrogens (primary N) is 1. The fourth-order valence-corrected chi connectivity index (χ4v) is 1.32. The van der Waals surface area contributed by atoms with E-state index in [1.807, 2.05) is 12.1 Å². The fraction of sp³-hybridized carbons (Fsp3) is 0.111. The number of hydrazine groups is 1. The van der Waals surface area contributed by atoms with E-state index in [4.69, 9.17) is 5.84 Å². The largest absolute Gasteiger partial charge is 0.324 e. The smallest absolute Gasteiger partial charge is 0.223 e. The topological polar surface area (TPSA) is 95.8 Å². The van der Waals surface area contributed by atoms with Crippen molar-refractivity contribution in [3.8, 4) is 0 Å². The molecule has 1 aromatic carbocycles. The third-order valence-corrected chi connectivity index (χ3v) is 1.94. The summed E-state index contributed by atoms with van der Waals surface area (Å²) in [4.78, 5) is 18.0. The lowest BCUT2D eigenvalue weighted by Crippen LogP contribution is -2.06. The van der Waals surface area contributed by atoms with Gasteiger partial charge < -0.3 is 10.4 Å². The van der Waals surface area contributed by atoms with Crippen LogP contribution in [0.15, 0.2) is 18.2 Å². The van der Waals surface area contributed by atoms with E-state index in [0.29, 0.717) is 5.95 Å². The van der Waals surface area contributed by atoms with Gasteiger partial charge in [-0.25, -0.2) is 4.98 Å². The third kappa shape index (κ3) is 3.48. The molecule has 2 aromatic rings. The summed E-state index contributed by atoms with van der Waals surface area (Å²) in [6.07, 6.45) is 0. The SMILES string of the molecule is CC(=O)Nc1nc2cc(NN)ccc2[nH]1.Cl.Cl. The van der Waals surface area contributed by atoms with Gasteiger partial charge >= 0.3 is 0 Å². The number of carbonyl (C=O) groups excluding carboxylic acids is 1. The summed E-state index contributed by atoms with van der Waals surface area (Å²) in [5.41, 5.74) is 4.88. The molecule has 1 heterocycles. The van der Waals surface area contributed by atoms with Crippen molar-refractivity contribution in [2.75, 3.05) is 10.7 Å². The van der Waals surface area contributed by atoms with Gasteiger partial charge in [-0.1, -0.05) is 0 Å². The van der Waals surface area contributed by atoms with E-state index in [0.717, 1.165) is 16.7 Å². The first-order valence-corrected chi connectivity index (χ1v) is 4.43. The summed E-state index contributed by atoms with van der Waals surface area (Å²) < 4.78 is 0. The molecule has 1 aromatic heterocycles. The number of aromatic amines is 1. The highest BCUT2D eigenvalue weighted by Crippen LogP contribution is 2.18. The van der Waals surface area contributed by atoms with E-state index in [1.165, 1.54) is 6.92 Å². The van der Waals surface area contributed by atoms with Gasteiger partial charge in [0.15, 0.2) is 0 Å². The summed E-state index contributed by atoms with van der Waals surface area (Å²) in [6, 6.07) is 5.44. The van der Waals surface area contributed by atoms with Crippen molar-refractivity contribution in [1.82, 2.24) is 9.97 Å². The standard InChI is InChI=1S/C9H11N5O.2ClH/c1-5(15)11-9-12-7-3-2-6(14-10)4-8(7)13-9;;/h2-4,14H,10H2,1H3,(H2,11,12,13,15);2*1H. The Morgan fingerprint density at radius 1 is 1.41 bits per heavy atom. The second-order valence-electron chi connectivity index (χ2n) is 3.14. The van der Waals surface area contributed by atoms with Crippen molar-refractivity contribution in [2.24, 2.45) is 5.84 Å². The maximum Gasteiger partial charge on any atom is 0.223 e. The minimum absolute atomic E-state index is 0. The molecule has 0 bridgehead atoms. The van der Waals surface area contributed by atoms with E-state index >= 15 is 0 Å². The molecule has 6 nitrogen and oxygen atoms in total. The number of nitrogens with one attached hydrogen (secondary N) is 3. The van der Waals surface area contributed by atoms with Crippen molar-refractivity contribution in [3.05, 3.63) is 18.2 Å². The van der Waals surface area contributed by atoms with Crippen molar-refractivity contribution in [1.29, 1.82) is 0 Å². The summed E-state index contributed by atoms with van der Waals surface area (Å²) in [7, 11) is 0. The number of hydrogen-bond donors (Lipinski definition) is 4. The number of nitrogen functional groups attached to an aromatic ring is 1. The minimum atomic E-state index is -0.161. The van der Waals surface area contributed by atoms with Gasteiger partial charge in [-0.3, -0.25) is 16.0 Å². The minimum Gasteiger partial charge on any atom is -0.324 e. The quantitative estimate of drug-likeness (QED) is 0.496. The number of imidazole rings is 1. The van der Waals surface area contributed by atoms with E-state index in [2.05, 4.69) is 20.7 Å². The number of benzene rings is 1. The first-order valence-electron chi connectivity index (χ1n) is 4.43. The second-order valence-corrected chi connectivity index (χ2v) is 3.14. The number of H-pyrrole nitrogens is 1. The van der Waals surface area contributed by atoms with Gasteiger partial charge in [0.25, 0.3) is 0 Å². The molecule has 1 amide bonds. The number of nitrogens with zero attached hydrogens (tertiary/aromatic N) is 1. The van der Waals surface area contributed by atoms with E-state index < -0.39 is 0 Å². The number of anilines is 2. The van der Waals surface area contributed by atoms with Gasteiger partial charge in [0.1, 0.15) is 0 Å². The molecule has 0 unspecified atom stereocenters. The van der Waals surface area contributed by atoms with Crippen molar-refractivity contribution < 1.29 is 4.79 Å². The van der Waals surface area contributed by atoms with Crippen molar-refractivity contribution >= 4 is 53.4 Å².